The summed E-state index contributed by atoms with van der Waals surface area (Å²) in [6, 6.07) is 7.71. The van der Waals surface area contributed by atoms with Gasteiger partial charge >= 0.3 is 0 Å². The predicted molar refractivity (Wildman–Crippen MR) is 76.8 cm³/mol. The minimum absolute atomic E-state index is 0.514. The maximum Gasteiger partial charge on any atom is 0.0808 e. The number of rotatable bonds is 4. The summed E-state index contributed by atoms with van der Waals surface area (Å²) < 4.78 is 0.825. The molecule has 1 atom stereocenters. The fraction of sp³-hybridized carbons (Fsp3) is 0.231. The Kier molecular flexibility index (Phi) is 4.62. The molecule has 0 radical (unpaired) electrons. The number of aliphatic hydroxyl groups excluding tert-OH is 1. The molecule has 1 heterocycles. The first-order valence-corrected chi connectivity index (χ1v) is 7.43. The smallest absolute Gasteiger partial charge is 0.0808 e. The van der Waals surface area contributed by atoms with Gasteiger partial charge in [-0.1, -0.05) is 23.7 Å². The summed E-state index contributed by atoms with van der Waals surface area (Å²) in [4.78, 5) is 0. The van der Waals surface area contributed by atoms with Crippen LogP contribution in [0.5, 0.6) is 0 Å². The number of hydrogen-bond donors (Lipinski definition) is 1. The predicted octanol–water partition coefficient (Wildman–Crippen LogP) is 4.83. The van der Waals surface area contributed by atoms with Gasteiger partial charge in [-0.05, 0) is 57.2 Å². The van der Waals surface area contributed by atoms with Gasteiger partial charge < -0.3 is 5.11 Å². The van der Waals surface area contributed by atoms with Crippen molar-refractivity contribution in [2.24, 2.45) is 0 Å². The highest BCUT2D eigenvalue weighted by Gasteiger charge is 2.13. The van der Waals surface area contributed by atoms with Gasteiger partial charge in [0.2, 0.25) is 0 Å². The number of aryl methyl sites for hydroxylation is 1. The Morgan fingerprint density at radius 2 is 2.18 bits per heavy atom. The molecule has 0 saturated heterocycles. The van der Waals surface area contributed by atoms with Gasteiger partial charge in [-0.15, -0.1) is 0 Å². The molecule has 0 aliphatic rings. The average molecular weight is 332 g/mol. The second kappa shape index (κ2) is 6.01. The van der Waals surface area contributed by atoms with E-state index in [2.05, 4.69) is 27.4 Å². The monoisotopic (exact) mass is 330 g/mol. The zero-order valence-corrected chi connectivity index (χ0v) is 12.2. The second-order valence-electron chi connectivity index (χ2n) is 3.83. The Hall–Kier alpha value is -0.350. The first-order chi connectivity index (χ1) is 8.18. The van der Waals surface area contributed by atoms with Gasteiger partial charge in [-0.25, -0.2) is 0 Å². The minimum Gasteiger partial charge on any atom is -0.388 e. The molecule has 4 heteroatoms. The van der Waals surface area contributed by atoms with Crippen molar-refractivity contribution in [1.29, 1.82) is 0 Å². The van der Waals surface area contributed by atoms with Crippen LogP contribution in [0.25, 0.3) is 0 Å². The van der Waals surface area contributed by atoms with Crippen LogP contribution < -0.4 is 0 Å². The van der Waals surface area contributed by atoms with Crippen LogP contribution in [0.15, 0.2) is 39.5 Å². The zero-order chi connectivity index (χ0) is 12.3. The third kappa shape index (κ3) is 3.32. The highest BCUT2D eigenvalue weighted by atomic mass is 79.9. The van der Waals surface area contributed by atoms with Gasteiger partial charge in [-0.2, -0.15) is 11.3 Å². The van der Waals surface area contributed by atoms with Gasteiger partial charge in [0.25, 0.3) is 0 Å². The fourth-order valence-corrected chi connectivity index (χ4v) is 3.01. The molecule has 1 unspecified atom stereocenters. The number of thiophene rings is 1. The van der Waals surface area contributed by atoms with E-state index in [-0.39, 0.29) is 0 Å². The third-order valence-electron chi connectivity index (χ3n) is 2.63. The molecule has 0 spiro atoms. The quantitative estimate of drug-likeness (QED) is 0.850. The van der Waals surface area contributed by atoms with Crippen molar-refractivity contribution in [3.63, 3.8) is 0 Å². The van der Waals surface area contributed by atoms with Gasteiger partial charge in [-0.3, -0.25) is 0 Å². The van der Waals surface area contributed by atoms with E-state index in [9.17, 15) is 5.11 Å². The fourth-order valence-electron chi connectivity index (χ4n) is 1.67. The SMILES string of the molecule is OC(CCc1ccsc1)c1cccc(Br)c1Cl. The molecule has 0 aliphatic carbocycles. The van der Waals surface area contributed by atoms with Gasteiger partial charge in [0.15, 0.2) is 0 Å². The molecule has 0 bridgehead atoms. The van der Waals surface area contributed by atoms with E-state index in [0.717, 1.165) is 16.5 Å². The summed E-state index contributed by atoms with van der Waals surface area (Å²) >= 11 is 11.2. The van der Waals surface area contributed by atoms with Crippen LogP contribution in [-0.4, -0.2) is 5.11 Å². The molecule has 0 fully saturated rings. The van der Waals surface area contributed by atoms with Gasteiger partial charge in [0, 0.05) is 10.0 Å². The van der Waals surface area contributed by atoms with Crippen LogP contribution in [0.1, 0.15) is 23.7 Å². The molecule has 1 nitrogen and oxygen atoms in total. The van der Waals surface area contributed by atoms with Crippen molar-refractivity contribution in [2.45, 2.75) is 18.9 Å². The lowest BCUT2D eigenvalue weighted by molar-refractivity contribution is 0.168. The lowest BCUT2D eigenvalue weighted by Crippen LogP contribution is -2.00. The van der Waals surface area contributed by atoms with Crippen LogP contribution in [0, 0.1) is 0 Å². The number of hydrogen-bond acceptors (Lipinski definition) is 2. The Morgan fingerprint density at radius 3 is 2.88 bits per heavy atom. The van der Waals surface area contributed by atoms with Crippen molar-refractivity contribution in [3.8, 4) is 0 Å². The van der Waals surface area contributed by atoms with E-state index in [4.69, 9.17) is 11.6 Å². The third-order valence-corrected chi connectivity index (χ3v) is 4.67. The lowest BCUT2D eigenvalue weighted by atomic mass is 10.0. The maximum absolute atomic E-state index is 10.1. The molecule has 1 N–H and O–H groups in total. The van der Waals surface area contributed by atoms with E-state index >= 15 is 0 Å². The number of benzene rings is 1. The van der Waals surface area contributed by atoms with E-state index in [0.29, 0.717) is 11.4 Å². The molecule has 2 aromatic rings. The summed E-state index contributed by atoms with van der Waals surface area (Å²) in [5, 5.41) is 14.9. The summed E-state index contributed by atoms with van der Waals surface area (Å²) in [6.07, 6.45) is 1.04. The van der Waals surface area contributed by atoms with Crippen LogP contribution in [0.4, 0.5) is 0 Å². The molecule has 90 valence electrons. The minimum atomic E-state index is -0.514. The van der Waals surface area contributed by atoms with Crippen molar-refractivity contribution >= 4 is 38.9 Å². The molecule has 2 rings (SSSR count). The first-order valence-electron chi connectivity index (χ1n) is 5.31. The molecular weight excluding hydrogens is 320 g/mol. The van der Waals surface area contributed by atoms with Crippen molar-refractivity contribution < 1.29 is 5.11 Å². The lowest BCUT2D eigenvalue weighted by Gasteiger charge is -2.13. The van der Waals surface area contributed by atoms with Gasteiger partial charge in [0.1, 0.15) is 0 Å². The van der Waals surface area contributed by atoms with Crippen molar-refractivity contribution in [1.82, 2.24) is 0 Å². The van der Waals surface area contributed by atoms with Crippen LogP contribution in [0.2, 0.25) is 5.02 Å². The van der Waals surface area contributed by atoms with Crippen molar-refractivity contribution in [3.05, 3.63) is 55.6 Å². The standard InChI is InChI=1S/C13H12BrClOS/c14-11-3-1-2-10(13(11)15)12(16)5-4-9-6-7-17-8-9/h1-3,6-8,12,16H,4-5H2. The van der Waals surface area contributed by atoms with Crippen LogP contribution >= 0.6 is 38.9 Å². The maximum atomic E-state index is 10.1. The van der Waals surface area contributed by atoms with E-state index in [1.807, 2.05) is 23.6 Å². The number of aliphatic hydroxyl groups is 1. The largest absolute Gasteiger partial charge is 0.388 e. The summed E-state index contributed by atoms with van der Waals surface area (Å²) in [5.41, 5.74) is 2.05. The Balaban J connectivity index is 2.04. The molecular formula is C13H12BrClOS. The average Bonchev–Trinajstić information content (AvgIpc) is 2.82. The summed E-state index contributed by atoms with van der Waals surface area (Å²) in [6.45, 7) is 0. The Morgan fingerprint density at radius 1 is 1.35 bits per heavy atom. The van der Waals surface area contributed by atoms with E-state index in [1.54, 1.807) is 11.3 Å². The Labute approximate surface area is 118 Å². The molecule has 0 amide bonds. The van der Waals surface area contributed by atoms with Gasteiger partial charge in [0.05, 0.1) is 11.1 Å². The van der Waals surface area contributed by atoms with Crippen LogP contribution in [-0.2, 0) is 6.42 Å². The molecule has 0 saturated carbocycles. The Bertz CT molecular complexity index is 484. The highest BCUT2D eigenvalue weighted by molar-refractivity contribution is 9.10. The number of halogens is 2. The zero-order valence-electron chi connectivity index (χ0n) is 9.07. The highest BCUT2D eigenvalue weighted by Crippen LogP contribution is 2.32. The van der Waals surface area contributed by atoms with Crippen LogP contribution in [0.3, 0.4) is 0 Å². The molecule has 0 aliphatic heterocycles. The summed E-state index contributed by atoms with van der Waals surface area (Å²) in [7, 11) is 0. The van der Waals surface area contributed by atoms with E-state index in [1.165, 1.54) is 5.56 Å². The van der Waals surface area contributed by atoms with E-state index < -0.39 is 6.10 Å². The topological polar surface area (TPSA) is 20.2 Å². The molecule has 1 aromatic carbocycles. The second-order valence-corrected chi connectivity index (χ2v) is 5.84. The normalized spacial score (nSPS) is 12.6. The summed E-state index contributed by atoms with van der Waals surface area (Å²) in [5.74, 6) is 0. The molecule has 1 aromatic heterocycles. The first kappa shape index (κ1) is 13.1. The molecule has 17 heavy (non-hydrogen) atoms. The van der Waals surface area contributed by atoms with Crippen molar-refractivity contribution in [2.75, 3.05) is 0 Å².